The molecule has 9 nitrogen and oxygen atoms in total. The number of alkyl carbamates (subject to hydrolysis) is 1. The van der Waals surface area contributed by atoms with Gasteiger partial charge in [0.25, 0.3) is 0 Å². The SMILES string of the molecule is CCOC(=O)NC(=S)Nc1cc(-c2cncc(S(=O)(=O)NC(C)(C)C)c2)ccn1. The number of hydrogen-bond donors (Lipinski definition) is 3. The minimum absolute atomic E-state index is 0.0249. The van der Waals surface area contributed by atoms with Crippen LogP contribution in [0, 0.1) is 0 Å². The Bertz CT molecular complexity index is 1000. The van der Waals surface area contributed by atoms with Crippen molar-refractivity contribution in [1.82, 2.24) is 20.0 Å². The van der Waals surface area contributed by atoms with Gasteiger partial charge in [0, 0.05) is 29.7 Å². The maximum Gasteiger partial charge on any atom is 0.413 e. The van der Waals surface area contributed by atoms with E-state index in [1.165, 1.54) is 18.5 Å². The Balaban J connectivity index is 2.23. The largest absolute Gasteiger partial charge is 0.450 e. The van der Waals surface area contributed by atoms with Crippen LogP contribution >= 0.6 is 12.2 Å². The van der Waals surface area contributed by atoms with E-state index in [0.29, 0.717) is 16.9 Å². The topological polar surface area (TPSA) is 122 Å². The Morgan fingerprint density at radius 3 is 2.59 bits per heavy atom. The van der Waals surface area contributed by atoms with Crippen LogP contribution in [0.2, 0.25) is 0 Å². The summed E-state index contributed by atoms with van der Waals surface area (Å²) >= 11 is 5.04. The molecule has 0 unspecified atom stereocenters. The standard InChI is InChI=1S/C18H23N5O4S2/c1-5-27-17(24)22-16(28)21-15-9-12(6-7-20-15)13-8-14(11-19-10-13)29(25,26)23-18(2,3)4/h6-11,23H,5H2,1-4H3,(H2,20,21,22,24,28). The summed E-state index contributed by atoms with van der Waals surface area (Å²) in [5, 5.41) is 5.16. The number of pyridine rings is 2. The molecule has 0 atom stereocenters. The number of anilines is 1. The number of nitrogens with zero attached hydrogens (tertiary/aromatic N) is 2. The number of hydrogen-bond acceptors (Lipinski definition) is 7. The van der Waals surface area contributed by atoms with Gasteiger partial charge < -0.3 is 10.1 Å². The summed E-state index contributed by atoms with van der Waals surface area (Å²) in [7, 11) is -3.72. The fourth-order valence-electron chi connectivity index (χ4n) is 2.27. The molecule has 0 saturated carbocycles. The molecule has 0 aliphatic rings. The second kappa shape index (κ2) is 9.25. The maximum atomic E-state index is 12.6. The maximum absolute atomic E-state index is 12.6. The molecule has 1 amide bonds. The van der Waals surface area contributed by atoms with Crippen LogP contribution in [0.25, 0.3) is 11.1 Å². The minimum Gasteiger partial charge on any atom is -0.450 e. The molecular formula is C18H23N5O4S2. The molecule has 2 heterocycles. The summed E-state index contributed by atoms with van der Waals surface area (Å²) in [6, 6.07) is 4.89. The Hall–Kier alpha value is -2.63. The van der Waals surface area contributed by atoms with Crippen molar-refractivity contribution >= 4 is 39.3 Å². The highest BCUT2D eigenvalue weighted by atomic mass is 32.2. The van der Waals surface area contributed by atoms with E-state index in [9.17, 15) is 13.2 Å². The van der Waals surface area contributed by atoms with Crippen molar-refractivity contribution < 1.29 is 17.9 Å². The van der Waals surface area contributed by atoms with Gasteiger partial charge in [-0.1, -0.05) is 0 Å². The highest BCUT2D eigenvalue weighted by molar-refractivity contribution is 7.89. The fraction of sp³-hybridized carbons (Fsp3) is 0.333. The van der Waals surface area contributed by atoms with Gasteiger partial charge in [-0.2, -0.15) is 0 Å². The summed E-state index contributed by atoms with van der Waals surface area (Å²) in [5.41, 5.74) is 0.628. The molecule has 0 radical (unpaired) electrons. The molecule has 0 fully saturated rings. The lowest BCUT2D eigenvalue weighted by Crippen LogP contribution is -2.40. The molecule has 156 valence electrons. The summed E-state index contributed by atoms with van der Waals surface area (Å²) < 4.78 is 32.5. The zero-order valence-electron chi connectivity index (χ0n) is 16.5. The lowest BCUT2D eigenvalue weighted by atomic mass is 10.1. The van der Waals surface area contributed by atoms with Gasteiger partial charge in [0.05, 0.1) is 6.61 Å². The molecule has 2 aromatic rings. The number of ether oxygens (including phenoxy) is 1. The molecule has 0 spiro atoms. The van der Waals surface area contributed by atoms with E-state index in [2.05, 4.69) is 25.3 Å². The summed E-state index contributed by atoms with van der Waals surface area (Å²) in [6.07, 6.45) is 3.69. The zero-order chi connectivity index (χ0) is 21.7. The average molecular weight is 438 g/mol. The predicted molar refractivity (Wildman–Crippen MR) is 114 cm³/mol. The molecule has 29 heavy (non-hydrogen) atoms. The molecule has 0 bridgehead atoms. The van der Waals surface area contributed by atoms with E-state index < -0.39 is 21.7 Å². The third-order valence-electron chi connectivity index (χ3n) is 3.29. The van der Waals surface area contributed by atoms with Gasteiger partial charge in [0.2, 0.25) is 10.0 Å². The number of thiocarbonyl (C=S) groups is 1. The van der Waals surface area contributed by atoms with Gasteiger partial charge in [-0.15, -0.1) is 0 Å². The van der Waals surface area contributed by atoms with E-state index in [0.717, 1.165) is 0 Å². The Kier molecular flexibility index (Phi) is 7.22. The van der Waals surface area contributed by atoms with Crippen molar-refractivity contribution in [3.63, 3.8) is 0 Å². The number of carbonyl (C=O) groups excluding carboxylic acids is 1. The van der Waals surface area contributed by atoms with E-state index >= 15 is 0 Å². The monoisotopic (exact) mass is 437 g/mol. The van der Waals surface area contributed by atoms with Crippen molar-refractivity contribution in [3.05, 3.63) is 36.8 Å². The minimum atomic E-state index is -3.72. The van der Waals surface area contributed by atoms with Gasteiger partial charge in [-0.3, -0.25) is 10.3 Å². The molecule has 0 saturated heterocycles. The molecule has 2 aromatic heterocycles. The van der Waals surface area contributed by atoms with Crippen molar-refractivity contribution in [2.75, 3.05) is 11.9 Å². The molecule has 0 aliphatic heterocycles. The van der Waals surface area contributed by atoms with E-state index in [1.807, 2.05) is 0 Å². The number of amides is 1. The van der Waals surface area contributed by atoms with Crippen LogP contribution in [0.15, 0.2) is 41.7 Å². The Morgan fingerprint density at radius 2 is 1.93 bits per heavy atom. The average Bonchev–Trinajstić information content (AvgIpc) is 2.60. The zero-order valence-corrected chi connectivity index (χ0v) is 18.1. The molecular weight excluding hydrogens is 414 g/mol. The highest BCUT2D eigenvalue weighted by Crippen LogP contribution is 2.23. The summed E-state index contributed by atoms with van der Waals surface area (Å²) in [5.74, 6) is 0.366. The quantitative estimate of drug-likeness (QED) is 0.610. The van der Waals surface area contributed by atoms with Crippen LogP contribution in [0.1, 0.15) is 27.7 Å². The first kappa shape index (κ1) is 22.7. The third kappa shape index (κ3) is 7.04. The normalized spacial score (nSPS) is 11.6. The lowest BCUT2D eigenvalue weighted by molar-refractivity contribution is 0.158. The van der Waals surface area contributed by atoms with Gasteiger partial charge in [0.15, 0.2) is 5.11 Å². The van der Waals surface area contributed by atoms with Crippen LogP contribution in [-0.2, 0) is 14.8 Å². The molecule has 3 N–H and O–H groups in total. The van der Waals surface area contributed by atoms with Crippen LogP contribution in [0.3, 0.4) is 0 Å². The van der Waals surface area contributed by atoms with Crippen LogP contribution in [-0.4, -0.2) is 41.7 Å². The first-order valence-electron chi connectivity index (χ1n) is 8.70. The second-order valence-electron chi connectivity index (χ2n) is 6.99. The predicted octanol–water partition coefficient (Wildman–Crippen LogP) is 2.66. The Morgan fingerprint density at radius 1 is 1.21 bits per heavy atom. The highest BCUT2D eigenvalue weighted by Gasteiger charge is 2.22. The third-order valence-corrected chi connectivity index (χ3v) is 5.22. The molecule has 2 rings (SSSR count). The molecule has 11 heteroatoms. The van der Waals surface area contributed by atoms with Crippen molar-refractivity contribution in [2.24, 2.45) is 0 Å². The fourth-order valence-corrected chi connectivity index (χ4v) is 3.87. The van der Waals surface area contributed by atoms with Gasteiger partial charge in [-0.25, -0.2) is 22.9 Å². The molecule has 0 aliphatic carbocycles. The van der Waals surface area contributed by atoms with Crippen LogP contribution < -0.4 is 15.4 Å². The Labute approximate surface area is 175 Å². The number of carbonyl (C=O) groups is 1. The van der Waals surface area contributed by atoms with Crippen molar-refractivity contribution in [1.29, 1.82) is 0 Å². The number of sulfonamides is 1. The van der Waals surface area contributed by atoms with Crippen LogP contribution in [0.4, 0.5) is 10.6 Å². The van der Waals surface area contributed by atoms with Gasteiger partial charge >= 0.3 is 6.09 Å². The van der Waals surface area contributed by atoms with Crippen molar-refractivity contribution in [3.8, 4) is 11.1 Å². The first-order valence-corrected chi connectivity index (χ1v) is 10.6. The first-order chi connectivity index (χ1) is 13.5. The van der Waals surface area contributed by atoms with Crippen LogP contribution in [0.5, 0.6) is 0 Å². The smallest absolute Gasteiger partial charge is 0.413 e. The number of nitrogens with one attached hydrogen (secondary N) is 3. The van der Waals surface area contributed by atoms with Crippen molar-refractivity contribution in [2.45, 2.75) is 38.1 Å². The summed E-state index contributed by atoms with van der Waals surface area (Å²) in [6.45, 7) is 7.18. The second-order valence-corrected chi connectivity index (χ2v) is 9.08. The summed E-state index contributed by atoms with van der Waals surface area (Å²) in [4.78, 5) is 19.6. The number of rotatable bonds is 5. The number of aromatic nitrogens is 2. The van der Waals surface area contributed by atoms with E-state index in [1.54, 1.807) is 46.0 Å². The lowest BCUT2D eigenvalue weighted by Gasteiger charge is -2.20. The van der Waals surface area contributed by atoms with E-state index in [4.69, 9.17) is 17.0 Å². The molecule has 0 aromatic carbocycles. The van der Waals surface area contributed by atoms with Gasteiger partial charge in [-0.05, 0) is 63.7 Å². The van der Waals surface area contributed by atoms with E-state index in [-0.39, 0.29) is 16.6 Å². The van der Waals surface area contributed by atoms with Gasteiger partial charge in [0.1, 0.15) is 10.7 Å².